The van der Waals surface area contributed by atoms with E-state index in [2.05, 4.69) is 4.98 Å². The molecular weight excluding hydrogens is 470 g/mol. The number of esters is 1. The summed E-state index contributed by atoms with van der Waals surface area (Å²) >= 11 is 0. The second kappa shape index (κ2) is 8.94. The predicted octanol–water partition coefficient (Wildman–Crippen LogP) is 2.33. The SMILES string of the molecule is CCS(=O)(=O)N(C(=O)c1cccnc1)c1ccc2c(c1)c(C(=O)OC)c(C)n2S(=O)(=O)CC. The van der Waals surface area contributed by atoms with E-state index < -0.39 is 31.9 Å². The summed E-state index contributed by atoms with van der Waals surface area (Å²) in [6.07, 6.45) is 2.69. The second-order valence-electron chi connectivity index (χ2n) is 7.03. The molecule has 1 amide bonds. The zero-order valence-electron chi connectivity index (χ0n) is 18.5. The van der Waals surface area contributed by atoms with Gasteiger partial charge in [0.1, 0.15) is 0 Å². The Hall–Kier alpha value is -3.25. The molecule has 3 aromatic rings. The van der Waals surface area contributed by atoms with Gasteiger partial charge in [0.25, 0.3) is 5.91 Å². The minimum Gasteiger partial charge on any atom is -0.465 e. The number of fused-ring (bicyclic) bond motifs is 1. The van der Waals surface area contributed by atoms with Crippen LogP contribution in [0.5, 0.6) is 0 Å². The molecule has 2 aromatic heterocycles. The third kappa shape index (κ3) is 4.23. The molecule has 0 N–H and O–H groups in total. The molecule has 0 bridgehead atoms. The molecule has 0 saturated carbocycles. The number of anilines is 1. The van der Waals surface area contributed by atoms with Gasteiger partial charge in [0.2, 0.25) is 20.0 Å². The Bertz CT molecular complexity index is 1440. The highest BCUT2D eigenvalue weighted by Gasteiger charge is 2.32. The number of methoxy groups -OCH3 is 1. The Morgan fingerprint density at radius 2 is 1.79 bits per heavy atom. The van der Waals surface area contributed by atoms with Crippen molar-refractivity contribution in [3.05, 3.63) is 59.5 Å². The molecule has 3 rings (SSSR count). The van der Waals surface area contributed by atoms with Gasteiger partial charge in [0, 0.05) is 23.5 Å². The van der Waals surface area contributed by atoms with Gasteiger partial charge in [-0.2, -0.15) is 0 Å². The number of benzene rings is 1. The van der Waals surface area contributed by atoms with E-state index in [1.165, 1.54) is 63.5 Å². The Balaban J connectivity index is 2.36. The third-order valence-electron chi connectivity index (χ3n) is 5.14. The molecule has 33 heavy (non-hydrogen) atoms. The van der Waals surface area contributed by atoms with Crippen molar-refractivity contribution in [1.29, 1.82) is 0 Å². The van der Waals surface area contributed by atoms with E-state index in [1.807, 2.05) is 0 Å². The van der Waals surface area contributed by atoms with E-state index in [0.29, 0.717) is 4.31 Å². The van der Waals surface area contributed by atoms with Gasteiger partial charge in [-0.05, 0) is 51.1 Å². The van der Waals surface area contributed by atoms with Gasteiger partial charge < -0.3 is 4.74 Å². The molecule has 0 aliphatic carbocycles. The molecule has 176 valence electrons. The maximum Gasteiger partial charge on any atom is 0.340 e. The maximum absolute atomic E-state index is 13.2. The first-order valence-electron chi connectivity index (χ1n) is 9.94. The Kier molecular flexibility index (Phi) is 6.61. The van der Waals surface area contributed by atoms with Crippen LogP contribution in [0.3, 0.4) is 0 Å². The molecule has 0 fully saturated rings. The zero-order chi connectivity index (χ0) is 24.6. The lowest BCUT2D eigenvalue weighted by molar-refractivity contribution is 0.0602. The van der Waals surface area contributed by atoms with Crippen molar-refractivity contribution in [2.75, 3.05) is 22.9 Å². The predicted molar refractivity (Wildman–Crippen MR) is 123 cm³/mol. The van der Waals surface area contributed by atoms with Crippen molar-refractivity contribution in [3.63, 3.8) is 0 Å². The summed E-state index contributed by atoms with van der Waals surface area (Å²) in [4.78, 5) is 29.5. The van der Waals surface area contributed by atoms with Gasteiger partial charge in [-0.3, -0.25) is 9.78 Å². The molecule has 2 heterocycles. The average Bonchev–Trinajstić information content (AvgIpc) is 3.10. The number of sulfonamides is 1. The van der Waals surface area contributed by atoms with Crippen molar-refractivity contribution in [1.82, 2.24) is 8.96 Å². The fourth-order valence-corrected chi connectivity index (χ4v) is 5.77. The number of nitrogens with zero attached hydrogens (tertiary/aromatic N) is 3. The van der Waals surface area contributed by atoms with Crippen molar-refractivity contribution in [3.8, 4) is 0 Å². The lowest BCUT2D eigenvalue weighted by Gasteiger charge is -2.22. The standard InChI is InChI=1S/C21H23N3O7S2/c1-5-32(27,28)23-14(3)19(21(26)31-4)17-12-16(9-10-18(17)23)24(33(29,30)6-2)20(25)15-8-7-11-22-13-15/h7-13H,5-6H2,1-4H3. The molecule has 0 aliphatic heterocycles. The number of aromatic nitrogens is 2. The molecule has 0 atom stereocenters. The molecule has 0 aliphatic rings. The van der Waals surface area contributed by atoms with Crippen LogP contribution in [0.2, 0.25) is 0 Å². The monoisotopic (exact) mass is 493 g/mol. The number of amides is 1. The molecule has 0 unspecified atom stereocenters. The largest absolute Gasteiger partial charge is 0.465 e. The van der Waals surface area contributed by atoms with Crippen LogP contribution in [-0.2, 0) is 24.8 Å². The lowest BCUT2D eigenvalue weighted by Crippen LogP contribution is -2.38. The van der Waals surface area contributed by atoms with Crippen molar-refractivity contribution in [2.45, 2.75) is 20.8 Å². The summed E-state index contributed by atoms with van der Waals surface area (Å²) < 4.78 is 57.7. The van der Waals surface area contributed by atoms with Gasteiger partial charge in [0.05, 0.1) is 40.9 Å². The smallest absolute Gasteiger partial charge is 0.340 e. The molecule has 0 spiro atoms. The van der Waals surface area contributed by atoms with E-state index in [0.717, 1.165) is 11.1 Å². The van der Waals surface area contributed by atoms with E-state index in [9.17, 15) is 26.4 Å². The highest BCUT2D eigenvalue weighted by atomic mass is 32.2. The molecular formula is C21H23N3O7S2. The molecule has 0 radical (unpaired) electrons. The Morgan fingerprint density at radius 1 is 1.09 bits per heavy atom. The highest BCUT2D eigenvalue weighted by molar-refractivity contribution is 7.93. The minimum atomic E-state index is -4.09. The van der Waals surface area contributed by atoms with Gasteiger partial charge in [0.15, 0.2) is 0 Å². The fraction of sp³-hybridized carbons (Fsp3) is 0.286. The van der Waals surface area contributed by atoms with Gasteiger partial charge in [-0.1, -0.05) is 0 Å². The number of carbonyl (C=O) groups is 2. The minimum absolute atomic E-state index is 0.0333. The van der Waals surface area contributed by atoms with Crippen LogP contribution in [0, 0.1) is 6.92 Å². The van der Waals surface area contributed by atoms with Crippen molar-refractivity contribution in [2.24, 2.45) is 0 Å². The first-order valence-corrected chi connectivity index (χ1v) is 13.2. The number of ether oxygens (including phenoxy) is 1. The summed E-state index contributed by atoms with van der Waals surface area (Å²) in [5.41, 5.74) is 0.258. The van der Waals surface area contributed by atoms with Crippen LogP contribution in [0.4, 0.5) is 5.69 Å². The summed E-state index contributed by atoms with van der Waals surface area (Å²) in [7, 11) is -6.73. The first kappa shape index (κ1) is 24.4. The number of carbonyl (C=O) groups excluding carboxylic acids is 2. The van der Waals surface area contributed by atoms with E-state index in [4.69, 9.17) is 4.74 Å². The second-order valence-corrected chi connectivity index (χ2v) is 11.2. The number of hydrogen-bond donors (Lipinski definition) is 0. The summed E-state index contributed by atoms with van der Waals surface area (Å²) in [5.74, 6) is -2.22. The van der Waals surface area contributed by atoms with Crippen LogP contribution in [0.25, 0.3) is 10.9 Å². The van der Waals surface area contributed by atoms with E-state index >= 15 is 0 Å². The normalized spacial score (nSPS) is 12.0. The quantitative estimate of drug-likeness (QED) is 0.458. The van der Waals surface area contributed by atoms with Crippen LogP contribution in [0.1, 0.15) is 40.3 Å². The van der Waals surface area contributed by atoms with E-state index in [1.54, 1.807) is 0 Å². The first-order chi connectivity index (χ1) is 15.5. The van der Waals surface area contributed by atoms with Crippen LogP contribution >= 0.6 is 0 Å². The summed E-state index contributed by atoms with van der Waals surface area (Å²) in [5, 5.41) is 0.143. The number of rotatable bonds is 7. The summed E-state index contributed by atoms with van der Waals surface area (Å²) in [6, 6.07) is 6.93. The van der Waals surface area contributed by atoms with Crippen LogP contribution < -0.4 is 4.31 Å². The molecule has 0 saturated heterocycles. The molecule has 12 heteroatoms. The molecule has 1 aromatic carbocycles. The number of pyridine rings is 1. The molecule has 10 nitrogen and oxygen atoms in total. The lowest BCUT2D eigenvalue weighted by atomic mass is 10.1. The van der Waals surface area contributed by atoms with Crippen molar-refractivity contribution < 1.29 is 31.2 Å². The average molecular weight is 494 g/mol. The highest BCUT2D eigenvalue weighted by Crippen LogP contribution is 2.33. The Morgan fingerprint density at radius 3 is 2.33 bits per heavy atom. The van der Waals surface area contributed by atoms with E-state index in [-0.39, 0.29) is 44.9 Å². The number of hydrogen-bond acceptors (Lipinski definition) is 8. The zero-order valence-corrected chi connectivity index (χ0v) is 20.1. The fourth-order valence-electron chi connectivity index (χ4n) is 3.49. The van der Waals surface area contributed by atoms with Gasteiger partial charge in [-0.25, -0.2) is 29.9 Å². The Labute approximate surface area is 191 Å². The van der Waals surface area contributed by atoms with Crippen LogP contribution in [-0.4, -0.2) is 56.3 Å². The van der Waals surface area contributed by atoms with Gasteiger partial charge in [-0.15, -0.1) is 0 Å². The van der Waals surface area contributed by atoms with Gasteiger partial charge >= 0.3 is 5.97 Å². The maximum atomic E-state index is 13.2. The van der Waals surface area contributed by atoms with Crippen LogP contribution in [0.15, 0.2) is 42.7 Å². The van der Waals surface area contributed by atoms with Crippen molar-refractivity contribution >= 4 is 48.5 Å². The topological polar surface area (TPSA) is 133 Å². The third-order valence-corrected chi connectivity index (χ3v) is 8.56. The summed E-state index contributed by atoms with van der Waals surface area (Å²) in [6.45, 7) is 4.32.